The highest BCUT2D eigenvalue weighted by Gasteiger charge is 2.39. The molecular formula is C19H30ClN3O. The molecule has 3 aliphatic rings. The lowest BCUT2D eigenvalue weighted by atomic mass is 9.95. The number of nitrogens with one attached hydrogen (secondary N) is 1. The van der Waals surface area contributed by atoms with E-state index >= 15 is 0 Å². The molecule has 3 fully saturated rings. The zero-order valence-corrected chi connectivity index (χ0v) is 15.7. The normalized spacial score (nSPS) is 27.2. The second-order valence-electron chi connectivity index (χ2n) is 7.84. The number of hydrogen-bond donors (Lipinski definition) is 1. The molecule has 1 amide bonds. The number of carbonyl (C=O) groups is 1. The highest BCUT2D eigenvalue weighted by Crippen LogP contribution is 2.33. The second-order valence-corrected chi connectivity index (χ2v) is 7.84. The lowest BCUT2D eigenvalue weighted by Crippen LogP contribution is -2.32. The zero-order valence-electron chi connectivity index (χ0n) is 14.9. The summed E-state index contributed by atoms with van der Waals surface area (Å²) in [7, 11) is 0. The molecule has 4 nitrogen and oxygen atoms in total. The Balaban J connectivity index is 0.00000169. The summed E-state index contributed by atoms with van der Waals surface area (Å²) in [4.78, 5) is 15.1. The molecule has 1 aromatic heterocycles. The fourth-order valence-electron chi connectivity index (χ4n) is 5.09. The van der Waals surface area contributed by atoms with Crippen LogP contribution >= 0.6 is 12.4 Å². The van der Waals surface area contributed by atoms with Crippen LogP contribution in [0.3, 0.4) is 0 Å². The fraction of sp³-hybridized carbons (Fsp3) is 0.737. The summed E-state index contributed by atoms with van der Waals surface area (Å²) in [6.45, 7) is 8.34. The van der Waals surface area contributed by atoms with E-state index in [1.807, 2.05) is 0 Å². The molecule has 1 aliphatic carbocycles. The molecule has 0 aromatic carbocycles. The highest BCUT2D eigenvalue weighted by molar-refractivity contribution is 5.96. The number of aromatic nitrogens is 1. The van der Waals surface area contributed by atoms with Crippen molar-refractivity contribution in [1.82, 2.24) is 14.8 Å². The predicted octanol–water partition coefficient (Wildman–Crippen LogP) is 3.32. The van der Waals surface area contributed by atoms with Gasteiger partial charge in [-0.15, -0.1) is 12.4 Å². The van der Waals surface area contributed by atoms with Crippen LogP contribution in [-0.4, -0.2) is 41.6 Å². The summed E-state index contributed by atoms with van der Waals surface area (Å²) in [6, 6.07) is 2.74. The van der Waals surface area contributed by atoms with Crippen molar-refractivity contribution >= 4 is 18.3 Å². The highest BCUT2D eigenvalue weighted by atomic mass is 35.5. The van der Waals surface area contributed by atoms with Crippen molar-refractivity contribution in [3.05, 3.63) is 23.0 Å². The third-order valence-corrected chi connectivity index (χ3v) is 6.33. The summed E-state index contributed by atoms with van der Waals surface area (Å²) in [5.74, 6) is 1.59. The lowest BCUT2D eigenvalue weighted by Gasteiger charge is -2.26. The van der Waals surface area contributed by atoms with E-state index in [1.54, 1.807) is 0 Å². The first-order valence-corrected chi connectivity index (χ1v) is 9.33. The lowest BCUT2D eigenvalue weighted by molar-refractivity contribution is 0.0780. The third kappa shape index (κ3) is 2.99. The number of likely N-dealkylation sites (tertiary alicyclic amines) is 1. The summed E-state index contributed by atoms with van der Waals surface area (Å²) >= 11 is 0. The number of halogens is 1. The summed E-state index contributed by atoms with van der Waals surface area (Å²) in [6.07, 6.45) is 6.56. The minimum atomic E-state index is 0. The van der Waals surface area contributed by atoms with E-state index < -0.39 is 0 Å². The maximum Gasteiger partial charge on any atom is 0.255 e. The van der Waals surface area contributed by atoms with E-state index in [-0.39, 0.29) is 18.3 Å². The van der Waals surface area contributed by atoms with Gasteiger partial charge in [0.2, 0.25) is 0 Å². The van der Waals surface area contributed by atoms with Crippen molar-refractivity contribution < 1.29 is 4.79 Å². The van der Waals surface area contributed by atoms with Gasteiger partial charge in [-0.05, 0) is 44.6 Å². The van der Waals surface area contributed by atoms with Gasteiger partial charge in [0.15, 0.2) is 0 Å². The number of fused-ring (bicyclic) bond motifs is 1. The van der Waals surface area contributed by atoms with Crippen molar-refractivity contribution in [3.8, 4) is 0 Å². The van der Waals surface area contributed by atoms with Crippen LogP contribution in [-0.2, 0) is 0 Å². The average molecular weight is 352 g/mol. The summed E-state index contributed by atoms with van der Waals surface area (Å²) < 4.78 is 2.45. The van der Waals surface area contributed by atoms with Crippen molar-refractivity contribution in [2.24, 2.45) is 11.8 Å². The van der Waals surface area contributed by atoms with E-state index in [4.69, 9.17) is 0 Å². The Morgan fingerprint density at radius 3 is 2.33 bits per heavy atom. The van der Waals surface area contributed by atoms with E-state index in [2.05, 4.69) is 34.7 Å². The van der Waals surface area contributed by atoms with Crippen molar-refractivity contribution in [2.75, 3.05) is 26.2 Å². The smallest absolute Gasteiger partial charge is 0.255 e. The standard InChI is InChI=1S/C19H29N3O.ClH/c1-13-8-18(14(2)22(13)17-6-4-3-5-7-17)19(23)21-11-15-9-20-10-16(15)12-21;/h8,15-17,20H,3-7,9-12H2,1-2H3;1H/t15-,16+;. The number of nitrogens with zero attached hydrogens (tertiary/aromatic N) is 2. The first-order valence-electron chi connectivity index (χ1n) is 9.33. The predicted molar refractivity (Wildman–Crippen MR) is 99.0 cm³/mol. The van der Waals surface area contributed by atoms with Crippen LogP contribution in [0.5, 0.6) is 0 Å². The molecule has 0 radical (unpaired) electrons. The molecule has 2 saturated heterocycles. The molecule has 0 spiro atoms. The van der Waals surface area contributed by atoms with Gasteiger partial charge in [0.25, 0.3) is 5.91 Å². The molecule has 0 unspecified atom stereocenters. The summed E-state index contributed by atoms with van der Waals surface area (Å²) in [5, 5.41) is 3.45. The molecular weight excluding hydrogens is 322 g/mol. The number of carbonyl (C=O) groups excluding carboxylic acids is 1. The fourth-order valence-corrected chi connectivity index (χ4v) is 5.09. The van der Waals surface area contributed by atoms with Crippen molar-refractivity contribution in [2.45, 2.75) is 52.0 Å². The van der Waals surface area contributed by atoms with E-state index in [9.17, 15) is 4.79 Å². The average Bonchev–Trinajstić information content (AvgIpc) is 3.21. The molecule has 3 heterocycles. The molecule has 24 heavy (non-hydrogen) atoms. The molecule has 1 saturated carbocycles. The Bertz CT molecular complexity index is 594. The SMILES string of the molecule is Cc1cc(C(=O)N2C[C@H]3CNC[C@H]3C2)c(C)n1C1CCCCC1.Cl. The van der Waals surface area contributed by atoms with Crippen LogP contribution in [0.15, 0.2) is 6.07 Å². The Hall–Kier alpha value is -1.000. The van der Waals surface area contributed by atoms with Gasteiger partial charge in [-0.3, -0.25) is 4.79 Å². The third-order valence-electron chi connectivity index (χ3n) is 6.33. The quantitative estimate of drug-likeness (QED) is 0.887. The molecule has 4 rings (SSSR count). The van der Waals surface area contributed by atoms with E-state index in [0.717, 1.165) is 31.7 Å². The Labute approximate surface area is 151 Å². The van der Waals surface area contributed by atoms with Crippen LogP contribution in [0.1, 0.15) is 59.9 Å². The maximum atomic E-state index is 13.0. The van der Waals surface area contributed by atoms with Crippen LogP contribution in [0.4, 0.5) is 0 Å². The van der Waals surface area contributed by atoms with Crippen LogP contribution in [0.2, 0.25) is 0 Å². The van der Waals surface area contributed by atoms with Gasteiger partial charge in [-0.1, -0.05) is 19.3 Å². The van der Waals surface area contributed by atoms with Gasteiger partial charge < -0.3 is 14.8 Å². The van der Waals surface area contributed by atoms with Gasteiger partial charge in [-0.2, -0.15) is 0 Å². The summed E-state index contributed by atoms with van der Waals surface area (Å²) in [5.41, 5.74) is 3.40. The topological polar surface area (TPSA) is 37.3 Å². The molecule has 1 aromatic rings. The molecule has 5 heteroatoms. The monoisotopic (exact) mass is 351 g/mol. The van der Waals surface area contributed by atoms with Crippen LogP contribution in [0.25, 0.3) is 0 Å². The molecule has 2 aliphatic heterocycles. The molecule has 0 bridgehead atoms. The Kier molecular flexibility index (Phi) is 5.26. The van der Waals surface area contributed by atoms with Crippen molar-refractivity contribution in [1.29, 1.82) is 0 Å². The largest absolute Gasteiger partial charge is 0.345 e. The van der Waals surface area contributed by atoms with E-state index in [1.165, 1.54) is 43.5 Å². The number of aryl methyl sites for hydroxylation is 1. The zero-order chi connectivity index (χ0) is 16.0. The van der Waals surface area contributed by atoms with Crippen molar-refractivity contribution in [3.63, 3.8) is 0 Å². The second kappa shape index (κ2) is 7.09. The maximum absolute atomic E-state index is 13.0. The van der Waals surface area contributed by atoms with Gasteiger partial charge in [-0.25, -0.2) is 0 Å². The minimum Gasteiger partial charge on any atom is -0.345 e. The van der Waals surface area contributed by atoms with Crippen LogP contribution in [0, 0.1) is 25.7 Å². The van der Waals surface area contributed by atoms with Crippen LogP contribution < -0.4 is 5.32 Å². The number of hydrogen-bond acceptors (Lipinski definition) is 2. The molecule has 134 valence electrons. The Morgan fingerprint density at radius 1 is 1.08 bits per heavy atom. The van der Waals surface area contributed by atoms with E-state index in [0.29, 0.717) is 17.9 Å². The Morgan fingerprint density at radius 2 is 1.71 bits per heavy atom. The van der Waals surface area contributed by atoms with Gasteiger partial charge >= 0.3 is 0 Å². The minimum absolute atomic E-state index is 0. The van der Waals surface area contributed by atoms with Gasteiger partial charge in [0.05, 0.1) is 5.56 Å². The first kappa shape index (κ1) is 17.8. The first-order chi connectivity index (χ1) is 11.1. The molecule has 1 N–H and O–H groups in total. The number of rotatable bonds is 2. The molecule has 2 atom stereocenters. The van der Waals surface area contributed by atoms with Gasteiger partial charge in [0.1, 0.15) is 0 Å². The van der Waals surface area contributed by atoms with Gasteiger partial charge in [0, 0.05) is 43.6 Å². The number of amides is 1.